The number of nitrogens with two attached hydrogens (primary N) is 1. The Balaban J connectivity index is 4.63. The molecule has 0 radical (unpaired) electrons. The van der Waals surface area contributed by atoms with Crippen LogP contribution in [-0.2, 0) is 10.0 Å². The maximum Gasteiger partial charge on any atom is 0.209 e. The van der Waals surface area contributed by atoms with Gasteiger partial charge in [-0.25, -0.2) is 13.1 Å². The Labute approximate surface area is 98.6 Å². The fraction of sp³-hybridized carbons (Fsp3) is 0.900. The van der Waals surface area contributed by atoms with E-state index in [9.17, 15) is 8.42 Å². The number of sulfonamides is 1. The quantitative estimate of drug-likeness (QED) is 0.568. The topological polar surface area (TPSA) is 84.5 Å². The summed E-state index contributed by atoms with van der Waals surface area (Å²) in [5.41, 5.74) is 4.98. The van der Waals surface area contributed by atoms with E-state index < -0.39 is 15.6 Å². The molecule has 16 heavy (non-hydrogen) atoms. The number of nitrogens with one attached hydrogen (secondary N) is 1. The average Bonchev–Trinajstić information content (AvgIpc) is 1.93. The van der Waals surface area contributed by atoms with Crippen molar-refractivity contribution >= 4 is 15.9 Å². The van der Waals surface area contributed by atoms with Gasteiger partial charge < -0.3 is 5.73 Å². The van der Waals surface area contributed by atoms with Crippen molar-refractivity contribution in [1.29, 1.82) is 0 Å². The van der Waals surface area contributed by atoms with Crippen LogP contribution < -0.4 is 10.5 Å². The van der Waals surface area contributed by atoms with Gasteiger partial charge in [0.15, 0.2) is 0 Å². The predicted octanol–water partition coefficient (Wildman–Crippen LogP) is 0.718. The van der Waals surface area contributed by atoms with Crippen LogP contribution >= 0.6 is 0 Å². The number of nitrogens with zero attached hydrogens (tertiary/aromatic N) is 1. The lowest BCUT2D eigenvalue weighted by molar-refractivity contribution is 0.462. The first-order chi connectivity index (χ1) is 6.83. The van der Waals surface area contributed by atoms with Gasteiger partial charge in [-0.05, 0) is 13.8 Å². The molecule has 0 unspecified atom stereocenters. The Morgan fingerprint density at radius 2 is 1.69 bits per heavy atom. The monoisotopic (exact) mass is 249 g/mol. The van der Waals surface area contributed by atoms with Crippen LogP contribution in [0, 0.1) is 5.41 Å². The fourth-order valence-electron chi connectivity index (χ4n) is 1.05. The summed E-state index contributed by atoms with van der Waals surface area (Å²) in [6.45, 7) is 9.75. The molecule has 0 aromatic heterocycles. The summed E-state index contributed by atoms with van der Waals surface area (Å²) in [5.74, 6) is 0.524. The van der Waals surface area contributed by atoms with Crippen LogP contribution in [0.15, 0.2) is 4.99 Å². The minimum atomic E-state index is -3.23. The van der Waals surface area contributed by atoms with Gasteiger partial charge in [0.05, 0.1) is 18.6 Å². The second-order valence-electron chi connectivity index (χ2n) is 5.71. The van der Waals surface area contributed by atoms with Gasteiger partial charge in [-0.1, -0.05) is 20.8 Å². The Morgan fingerprint density at radius 3 is 2.00 bits per heavy atom. The predicted molar refractivity (Wildman–Crippen MR) is 68.0 cm³/mol. The van der Waals surface area contributed by atoms with Crippen LogP contribution in [-0.4, -0.2) is 32.6 Å². The van der Waals surface area contributed by atoms with Gasteiger partial charge in [0, 0.05) is 11.0 Å². The lowest BCUT2D eigenvalue weighted by Gasteiger charge is -2.24. The first-order valence-electron chi connectivity index (χ1n) is 5.13. The van der Waals surface area contributed by atoms with Crippen molar-refractivity contribution in [3.8, 4) is 0 Å². The van der Waals surface area contributed by atoms with Gasteiger partial charge in [-0.2, -0.15) is 0 Å². The van der Waals surface area contributed by atoms with E-state index in [4.69, 9.17) is 5.73 Å². The molecule has 96 valence electrons. The molecule has 0 rings (SSSR count). The Hall–Kier alpha value is -0.620. The number of amidine groups is 1. The SMILES string of the molecule is CC(C)(CN=C(N)C(C)(C)C)NS(C)(=O)=O. The summed E-state index contributed by atoms with van der Waals surface area (Å²) >= 11 is 0. The zero-order chi connectivity index (χ0) is 13.2. The molecule has 0 heterocycles. The molecule has 3 N–H and O–H groups in total. The molecule has 0 bridgehead atoms. The summed E-state index contributed by atoms with van der Waals surface area (Å²) in [7, 11) is -3.23. The minimum Gasteiger partial charge on any atom is -0.387 e. The molecule has 0 aliphatic rings. The molecule has 0 aromatic rings. The van der Waals surface area contributed by atoms with Crippen molar-refractivity contribution in [3.63, 3.8) is 0 Å². The number of hydrogen-bond donors (Lipinski definition) is 2. The first-order valence-corrected chi connectivity index (χ1v) is 7.02. The van der Waals surface area contributed by atoms with Crippen molar-refractivity contribution in [1.82, 2.24) is 4.72 Å². The van der Waals surface area contributed by atoms with E-state index in [-0.39, 0.29) is 5.41 Å². The minimum absolute atomic E-state index is 0.193. The Kier molecular flexibility index (Phi) is 4.53. The van der Waals surface area contributed by atoms with E-state index in [1.807, 2.05) is 20.8 Å². The van der Waals surface area contributed by atoms with E-state index in [0.717, 1.165) is 6.26 Å². The molecule has 0 aliphatic heterocycles. The van der Waals surface area contributed by atoms with E-state index in [1.54, 1.807) is 13.8 Å². The first kappa shape index (κ1) is 15.4. The largest absolute Gasteiger partial charge is 0.387 e. The molecule has 0 fully saturated rings. The zero-order valence-electron chi connectivity index (χ0n) is 11.0. The second-order valence-corrected chi connectivity index (χ2v) is 7.46. The molecule has 0 aromatic carbocycles. The van der Waals surface area contributed by atoms with Gasteiger partial charge in [-0.15, -0.1) is 0 Å². The fourth-order valence-corrected chi connectivity index (χ4v) is 2.12. The van der Waals surface area contributed by atoms with Crippen LogP contribution in [0.5, 0.6) is 0 Å². The molecular formula is C10H23N3O2S. The highest BCUT2D eigenvalue weighted by molar-refractivity contribution is 7.88. The summed E-state index contributed by atoms with van der Waals surface area (Å²) < 4.78 is 24.7. The number of rotatable bonds is 4. The van der Waals surface area contributed by atoms with Gasteiger partial charge in [-0.3, -0.25) is 4.99 Å². The highest BCUT2D eigenvalue weighted by Crippen LogP contribution is 2.14. The molecule has 0 amide bonds. The van der Waals surface area contributed by atoms with Crippen LogP contribution in [0.4, 0.5) is 0 Å². The van der Waals surface area contributed by atoms with Gasteiger partial charge in [0.1, 0.15) is 0 Å². The molecule has 0 aliphatic carbocycles. The third kappa shape index (κ3) is 6.79. The normalized spacial score (nSPS) is 15.2. The van der Waals surface area contributed by atoms with E-state index in [1.165, 1.54) is 0 Å². The Morgan fingerprint density at radius 1 is 1.25 bits per heavy atom. The number of aliphatic imine (C=N–C) groups is 1. The van der Waals surface area contributed by atoms with Crippen molar-refractivity contribution in [2.24, 2.45) is 16.1 Å². The molecule has 0 saturated carbocycles. The molecule has 0 atom stereocenters. The average molecular weight is 249 g/mol. The zero-order valence-corrected chi connectivity index (χ0v) is 11.8. The molecular weight excluding hydrogens is 226 g/mol. The molecule has 6 heteroatoms. The van der Waals surface area contributed by atoms with Gasteiger partial charge in [0.25, 0.3) is 0 Å². The van der Waals surface area contributed by atoms with Crippen molar-refractivity contribution in [2.75, 3.05) is 12.8 Å². The Bertz CT molecular complexity index is 364. The van der Waals surface area contributed by atoms with Crippen LogP contribution in [0.25, 0.3) is 0 Å². The van der Waals surface area contributed by atoms with Gasteiger partial charge >= 0.3 is 0 Å². The highest BCUT2D eigenvalue weighted by atomic mass is 32.2. The van der Waals surface area contributed by atoms with Crippen molar-refractivity contribution < 1.29 is 8.42 Å². The number of hydrogen-bond acceptors (Lipinski definition) is 3. The lowest BCUT2D eigenvalue weighted by Crippen LogP contribution is -2.46. The third-order valence-electron chi connectivity index (χ3n) is 1.87. The summed E-state index contributed by atoms with van der Waals surface area (Å²) in [6.07, 6.45) is 1.13. The summed E-state index contributed by atoms with van der Waals surface area (Å²) in [6, 6.07) is 0. The van der Waals surface area contributed by atoms with Crippen molar-refractivity contribution in [2.45, 2.75) is 40.2 Å². The molecule has 0 spiro atoms. The second kappa shape index (κ2) is 4.71. The maximum absolute atomic E-state index is 11.1. The van der Waals surface area contributed by atoms with Crippen LogP contribution in [0.3, 0.4) is 0 Å². The van der Waals surface area contributed by atoms with Gasteiger partial charge in [0.2, 0.25) is 10.0 Å². The summed E-state index contributed by atoms with van der Waals surface area (Å²) in [4.78, 5) is 4.22. The maximum atomic E-state index is 11.1. The van der Waals surface area contributed by atoms with Crippen molar-refractivity contribution in [3.05, 3.63) is 0 Å². The highest BCUT2D eigenvalue weighted by Gasteiger charge is 2.23. The lowest BCUT2D eigenvalue weighted by atomic mass is 9.95. The van der Waals surface area contributed by atoms with E-state index in [0.29, 0.717) is 12.4 Å². The third-order valence-corrected chi connectivity index (χ3v) is 2.80. The summed E-state index contributed by atoms with van der Waals surface area (Å²) in [5, 5.41) is 0. The van der Waals surface area contributed by atoms with Crippen LogP contribution in [0.1, 0.15) is 34.6 Å². The van der Waals surface area contributed by atoms with E-state index in [2.05, 4.69) is 9.71 Å². The molecule has 5 nitrogen and oxygen atoms in total. The molecule has 0 saturated heterocycles. The smallest absolute Gasteiger partial charge is 0.209 e. The standard InChI is InChI=1S/C10H23N3O2S/c1-9(2,3)8(11)12-7-10(4,5)13-16(6,14)15/h13H,7H2,1-6H3,(H2,11,12). The van der Waals surface area contributed by atoms with E-state index >= 15 is 0 Å². The van der Waals surface area contributed by atoms with Crippen LogP contribution in [0.2, 0.25) is 0 Å².